The van der Waals surface area contributed by atoms with E-state index in [0.29, 0.717) is 17.1 Å². The quantitative estimate of drug-likeness (QED) is 0.816. The molecule has 0 unspecified atom stereocenters. The Bertz CT molecular complexity index is 356. The Hall–Kier alpha value is -0.770. The molecule has 3 nitrogen and oxygen atoms in total. The van der Waals surface area contributed by atoms with E-state index in [2.05, 4.69) is 10.6 Å². The Morgan fingerprint density at radius 1 is 1.38 bits per heavy atom. The van der Waals surface area contributed by atoms with Gasteiger partial charge in [0, 0.05) is 23.7 Å². The number of aryl methyl sites for hydroxylation is 1. The van der Waals surface area contributed by atoms with Gasteiger partial charge >= 0.3 is 0 Å². The van der Waals surface area contributed by atoms with Crippen LogP contribution >= 0.6 is 24.0 Å². The van der Waals surface area contributed by atoms with Gasteiger partial charge in [-0.15, -0.1) is 12.4 Å². The third-order valence-electron chi connectivity index (χ3n) is 2.09. The first kappa shape index (κ1) is 15.2. The average Bonchev–Trinajstić information content (AvgIpc) is 2.17. The molecule has 0 saturated heterocycles. The zero-order chi connectivity index (χ0) is 11.3. The molecule has 2 N–H and O–H groups in total. The van der Waals surface area contributed by atoms with Gasteiger partial charge in [0.1, 0.15) is 0 Å². The van der Waals surface area contributed by atoms with Gasteiger partial charge in [0.25, 0.3) is 5.91 Å². The van der Waals surface area contributed by atoms with Gasteiger partial charge in [-0.1, -0.05) is 11.6 Å². The molecule has 0 aromatic heterocycles. The summed E-state index contributed by atoms with van der Waals surface area (Å²) in [6.07, 6.45) is 0. The summed E-state index contributed by atoms with van der Waals surface area (Å²) in [5.41, 5.74) is 1.57. The van der Waals surface area contributed by atoms with Gasteiger partial charge in [-0.05, 0) is 37.7 Å². The third-order valence-corrected chi connectivity index (χ3v) is 2.33. The second-order valence-electron chi connectivity index (χ2n) is 3.32. The van der Waals surface area contributed by atoms with E-state index >= 15 is 0 Å². The van der Waals surface area contributed by atoms with Crippen molar-refractivity contribution in [1.82, 2.24) is 10.6 Å². The van der Waals surface area contributed by atoms with Crippen molar-refractivity contribution in [3.8, 4) is 0 Å². The molecule has 0 spiro atoms. The first-order chi connectivity index (χ1) is 7.15. The van der Waals surface area contributed by atoms with E-state index in [9.17, 15) is 4.79 Å². The van der Waals surface area contributed by atoms with Crippen LogP contribution in [0.3, 0.4) is 0 Å². The number of carbonyl (C=O) groups excluding carboxylic acids is 1. The highest BCUT2D eigenvalue weighted by Gasteiger charge is 2.07. The van der Waals surface area contributed by atoms with Crippen LogP contribution in [0.15, 0.2) is 18.2 Å². The van der Waals surface area contributed by atoms with Crippen LogP contribution in [0, 0.1) is 6.92 Å². The van der Waals surface area contributed by atoms with E-state index < -0.39 is 0 Å². The zero-order valence-electron chi connectivity index (χ0n) is 9.34. The van der Waals surface area contributed by atoms with Crippen LogP contribution in [-0.2, 0) is 0 Å². The standard InChI is InChI=1S/C11H15ClN2O.ClH/c1-8-7-9(12)3-4-10(8)11(15)14-6-5-13-2;/h3-4,7,13H,5-6H2,1-2H3,(H,14,15);1H. The van der Waals surface area contributed by atoms with Crippen LogP contribution in [0.2, 0.25) is 5.02 Å². The maximum Gasteiger partial charge on any atom is 0.251 e. The highest BCUT2D eigenvalue weighted by molar-refractivity contribution is 6.30. The Labute approximate surface area is 107 Å². The molecule has 90 valence electrons. The molecule has 0 bridgehead atoms. The van der Waals surface area contributed by atoms with Crippen LogP contribution in [0.1, 0.15) is 15.9 Å². The van der Waals surface area contributed by atoms with Gasteiger partial charge in [0.05, 0.1) is 0 Å². The third kappa shape index (κ3) is 4.39. The first-order valence-corrected chi connectivity index (χ1v) is 5.22. The molecule has 16 heavy (non-hydrogen) atoms. The fourth-order valence-electron chi connectivity index (χ4n) is 1.28. The minimum atomic E-state index is -0.0561. The SMILES string of the molecule is CNCCNC(=O)c1ccc(Cl)cc1C.Cl. The summed E-state index contributed by atoms with van der Waals surface area (Å²) in [5, 5.41) is 6.43. The van der Waals surface area contributed by atoms with Crippen LogP contribution in [0.25, 0.3) is 0 Å². The molecule has 1 aromatic rings. The number of benzene rings is 1. The lowest BCUT2D eigenvalue weighted by Gasteiger charge is -2.07. The second-order valence-corrected chi connectivity index (χ2v) is 3.76. The summed E-state index contributed by atoms with van der Waals surface area (Å²) in [6, 6.07) is 5.25. The van der Waals surface area contributed by atoms with Crippen LogP contribution in [0.4, 0.5) is 0 Å². The van der Waals surface area contributed by atoms with Crippen molar-refractivity contribution in [1.29, 1.82) is 0 Å². The Balaban J connectivity index is 0.00000225. The maximum absolute atomic E-state index is 11.7. The summed E-state index contributed by atoms with van der Waals surface area (Å²) >= 11 is 5.81. The molecule has 0 aliphatic heterocycles. The van der Waals surface area contributed by atoms with Gasteiger partial charge in [0.2, 0.25) is 0 Å². The summed E-state index contributed by atoms with van der Waals surface area (Å²) in [5.74, 6) is -0.0561. The summed E-state index contributed by atoms with van der Waals surface area (Å²) in [6.45, 7) is 3.26. The zero-order valence-corrected chi connectivity index (χ0v) is 10.9. The topological polar surface area (TPSA) is 41.1 Å². The normalized spacial score (nSPS) is 9.44. The fraction of sp³-hybridized carbons (Fsp3) is 0.364. The van der Waals surface area contributed by atoms with Crippen molar-refractivity contribution in [3.63, 3.8) is 0 Å². The molecule has 1 aromatic carbocycles. The van der Waals surface area contributed by atoms with E-state index in [1.165, 1.54) is 0 Å². The lowest BCUT2D eigenvalue weighted by atomic mass is 10.1. The number of hydrogen-bond acceptors (Lipinski definition) is 2. The van der Waals surface area contributed by atoms with Crippen molar-refractivity contribution in [3.05, 3.63) is 34.3 Å². The van der Waals surface area contributed by atoms with Gasteiger partial charge in [-0.25, -0.2) is 0 Å². The molecule has 0 aliphatic carbocycles. The number of carbonyl (C=O) groups is 1. The summed E-state index contributed by atoms with van der Waals surface area (Å²) < 4.78 is 0. The number of likely N-dealkylation sites (N-methyl/N-ethyl adjacent to an activating group) is 1. The Morgan fingerprint density at radius 2 is 2.06 bits per heavy atom. The summed E-state index contributed by atoms with van der Waals surface area (Å²) in [7, 11) is 1.85. The van der Waals surface area contributed by atoms with E-state index in [4.69, 9.17) is 11.6 Å². The minimum absolute atomic E-state index is 0. The smallest absolute Gasteiger partial charge is 0.251 e. The van der Waals surface area contributed by atoms with Crippen LogP contribution in [-0.4, -0.2) is 26.0 Å². The predicted molar refractivity (Wildman–Crippen MR) is 69.7 cm³/mol. The average molecular weight is 263 g/mol. The molecular formula is C11H16Cl2N2O. The molecule has 1 rings (SSSR count). The highest BCUT2D eigenvalue weighted by atomic mass is 35.5. The molecule has 0 atom stereocenters. The molecule has 0 aliphatic rings. The number of rotatable bonds is 4. The number of hydrogen-bond donors (Lipinski definition) is 2. The predicted octanol–water partition coefficient (Wildman–Crippen LogP) is 2.02. The lowest BCUT2D eigenvalue weighted by molar-refractivity contribution is 0.0953. The molecule has 0 saturated carbocycles. The number of nitrogens with one attached hydrogen (secondary N) is 2. The lowest BCUT2D eigenvalue weighted by Crippen LogP contribution is -2.30. The van der Waals surface area contributed by atoms with Gasteiger partial charge in [0.15, 0.2) is 0 Å². The van der Waals surface area contributed by atoms with E-state index in [1.807, 2.05) is 14.0 Å². The molecule has 1 amide bonds. The van der Waals surface area contributed by atoms with Gasteiger partial charge in [-0.2, -0.15) is 0 Å². The van der Waals surface area contributed by atoms with Crippen molar-refractivity contribution in [2.45, 2.75) is 6.92 Å². The van der Waals surface area contributed by atoms with Crippen LogP contribution in [0.5, 0.6) is 0 Å². The number of halogens is 2. The fourth-order valence-corrected chi connectivity index (χ4v) is 1.50. The van der Waals surface area contributed by atoms with Crippen molar-refractivity contribution in [2.24, 2.45) is 0 Å². The Kier molecular flexibility index (Phi) is 7.13. The monoisotopic (exact) mass is 262 g/mol. The molecular weight excluding hydrogens is 247 g/mol. The maximum atomic E-state index is 11.7. The Morgan fingerprint density at radius 3 is 2.62 bits per heavy atom. The first-order valence-electron chi connectivity index (χ1n) is 4.84. The van der Waals surface area contributed by atoms with E-state index in [1.54, 1.807) is 18.2 Å². The largest absolute Gasteiger partial charge is 0.351 e. The second kappa shape index (κ2) is 7.49. The van der Waals surface area contributed by atoms with Gasteiger partial charge < -0.3 is 10.6 Å². The molecule has 5 heteroatoms. The molecule has 0 fully saturated rings. The van der Waals surface area contributed by atoms with E-state index in [0.717, 1.165) is 12.1 Å². The van der Waals surface area contributed by atoms with Gasteiger partial charge in [-0.3, -0.25) is 4.79 Å². The van der Waals surface area contributed by atoms with Crippen LogP contribution < -0.4 is 10.6 Å². The summed E-state index contributed by atoms with van der Waals surface area (Å²) in [4.78, 5) is 11.7. The van der Waals surface area contributed by atoms with Crippen molar-refractivity contribution < 1.29 is 4.79 Å². The highest BCUT2D eigenvalue weighted by Crippen LogP contribution is 2.14. The molecule has 0 radical (unpaired) electrons. The minimum Gasteiger partial charge on any atom is -0.351 e. The molecule has 0 heterocycles. The van der Waals surface area contributed by atoms with Crippen molar-refractivity contribution >= 4 is 29.9 Å². The van der Waals surface area contributed by atoms with Crippen molar-refractivity contribution in [2.75, 3.05) is 20.1 Å². The number of amides is 1. The van der Waals surface area contributed by atoms with E-state index in [-0.39, 0.29) is 18.3 Å².